The highest BCUT2D eigenvalue weighted by molar-refractivity contribution is 5.84. The Kier molecular flexibility index (Phi) is 4.77. The van der Waals surface area contributed by atoms with Gasteiger partial charge < -0.3 is 9.80 Å². The fraction of sp³-hybridized carbons (Fsp3) is 0.857. The predicted octanol–water partition coefficient (Wildman–Crippen LogP) is 1.89. The molecule has 4 nitrogen and oxygen atoms in total. The van der Waals surface area contributed by atoms with Crippen LogP contribution in [0.1, 0.15) is 47.5 Å². The maximum absolute atomic E-state index is 12.2. The first-order valence-electron chi connectivity index (χ1n) is 6.78. The van der Waals surface area contributed by atoms with Crippen molar-refractivity contribution in [2.24, 2.45) is 5.92 Å². The molecule has 1 rings (SSSR count). The molecule has 1 saturated heterocycles. The minimum atomic E-state index is -0.301. The molecule has 4 heteroatoms. The van der Waals surface area contributed by atoms with Crippen LogP contribution < -0.4 is 0 Å². The SMILES string of the molecule is CC(=O)N(CC(=O)N1CCC(C)CC1)C(C)(C)C. The quantitative estimate of drug-likeness (QED) is 0.755. The van der Waals surface area contributed by atoms with Crippen LogP contribution >= 0.6 is 0 Å². The number of piperidine rings is 1. The second-order valence-corrected chi connectivity index (χ2v) is 6.34. The van der Waals surface area contributed by atoms with E-state index in [9.17, 15) is 9.59 Å². The van der Waals surface area contributed by atoms with E-state index in [0.717, 1.165) is 25.9 Å². The molecule has 2 amide bonds. The molecule has 18 heavy (non-hydrogen) atoms. The lowest BCUT2D eigenvalue weighted by Gasteiger charge is -2.37. The minimum absolute atomic E-state index is 0.0405. The summed E-state index contributed by atoms with van der Waals surface area (Å²) < 4.78 is 0. The molecule has 0 bridgehead atoms. The molecule has 0 aromatic heterocycles. The van der Waals surface area contributed by atoms with Crippen molar-refractivity contribution in [3.8, 4) is 0 Å². The zero-order valence-electron chi connectivity index (χ0n) is 12.3. The van der Waals surface area contributed by atoms with Crippen LogP contribution in [0.25, 0.3) is 0 Å². The third-order valence-electron chi connectivity index (χ3n) is 3.62. The number of nitrogens with zero attached hydrogens (tertiary/aromatic N) is 2. The summed E-state index contributed by atoms with van der Waals surface area (Å²) in [6, 6.07) is 0. The van der Waals surface area contributed by atoms with Crippen molar-refractivity contribution in [2.45, 2.75) is 53.0 Å². The molecule has 1 fully saturated rings. The number of hydrogen-bond donors (Lipinski definition) is 0. The van der Waals surface area contributed by atoms with Crippen LogP contribution in [0.15, 0.2) is 0 Å². The molecular formula is C14H26N2O2. The van der Waals surface area contributed by atoms with E-state index in [2.05, 4.69) is 6.92 Å². The third-order valence-corrected chi connectivity index (χ3v) is 3.62. The molecule has 0 aromatic rings. The van der Waals surface area contributed by atoms with Crippen LogP contribution in [-0.4, -0.2) is 46.8 Å². The fourth-order valence-electron chi connectivity index (χ4n) is 2.31. The lowest BCUT2D eigenvalue weighted by Crippen LogP contribution is -2.51. The normalized spacial score (nSPS) is 17.7. The second kappa shape index (κ2) is 5.72. The maximum Gasteiger partial charge on any atom is 0.242 e. The summed E-state index contributed by atoms with van der Waals surface area (Å²) >= 11 is 0. The first-order chi connectivity index (χ1) is 8.21. The van der Waals surface area contributed by atoms with E-state index >= 15 is 0 Å². The first kappa shape index (κ1) is 15.0. The highest BCUT2D eigenvalue weighted by Gasteiger charge is 2.28. The molecule has 0 aromatic carbocycles. The fourth-order valence-corrected chi connectivity index (χ4v) is 2.31. The van der Waals surface area contributed by atoms with Gasteiger partial charge in [-0.05, 0) is 39.5 Å². The van der Waals surface area contributed by atoms with Gasteiger partial charge in [0, 0.05) is 25.6 Å². The number of hydrogen-bond acceptors (Lipinski definition) is 2. The van der Waals surface area contributed by atoms with Gasteiger partial charge in [0.1, 0.15) is 6.54 Å². The average Bonchev–Trinajstić information content (AvgIpc) is 2.24. The van der Waals surface area contributed by atoms with Crippen molar-refractivity contribution < 1.29 is 9.59 Å². The standard InChI is InChI=1S/C14H26N2O2/c1-11-6-8-15(9-7-11)13(18)10-16(12(2)17)14(3,4)5/h11H,6-10H2,1-5H3. The molecule has 1 aliphatic rings. The van der Waals surface area contributed by atoms with Gasteiger partial charge in [0.25, 0.3) is 0 Å². The van der Waals surface area contributed by atoms with E-state index in [4.69, 9.17) is 0 Å². The molecule has 0 spiro atoms. The molecular weight excluding hydrogens is 228 g/mol. The molecule has 104 valence electrons. The molecule has 0 saturated carbocycles. The number of amides is 2. The maximum atomic E-state index is 12.2. The lowest BCUT2D eigenvalue weighted by molar-refractivity contribution is -0.144. The van der Waals surface area contributed by atoms with Crippen molar-refractivity contribution in [1.82, 2.24) is 9.80 Å². The zero-order valence-corrected chi connectivity index (χ0v) is 12.3. The van der Waals surface area contributed by atoms with Crippen LogP contribution in [0.5, 0.6) is 0 Å². The number of carbonyl (C=O) groups is 2. The van der Waals surface area contributed by atoms with Gasteiger partial charge in [-0.15, -0.1) is 0 Å². The van der Waals surface area contributed by atoms with Gasteiger partial charge in [-0.3, -0.25) is 9.59 Å². The zero-order chi connectivity index (χ0) is 13.9. The van der Waals surface area contributed by atoms with Gasteiger partial charge in [-0.1, -0.05) is 6.92 Å². The highest BCUT2D eigenvalue weighted by Crippen LogP contribution is 2.18. The largest absolute Gasteiger partial charge is 0.341 e. The van der Waals surface area contributed by atoms with Gasteiger partial charge in [0.05, 0.1) is 0 Å². The van der Waals surface area contributed by atoms with Crippen LogP contribution in [0, 0.1) is 5.92 Å². The summed E-state index contributed by atoms with van der Waals surface area (Å²) in [6.45, 7) is 11.5. The summed E-state index contributed by atoms with van der Waals surface area (Å²) in [7, 11) is 0. The van der Waals surface area contributed by atoms with E-state index in [1.165, 1.54) is 6.92 Å². The molecule has 0 unspecified atom stereocenters. The Hall–Kier alpha value is -1.06. The van der Waals surface area contributed by atoms with E-state index in [0.29, 0.717) is 5.92 Å². The average molecular weight is 254 g/mol. The summed E-state index contributed by atoms with van der Waals surface area (Å²) in [5.41, 5.74) is -0.301. The van der Waals surface area contributed by atoms with Crippen molar-refractivity contribution >= 4 is 11.8 Å². The molecule has 1 aliphatic heterocycles. The monoisotopic (exact) mass is 254 g/mol. The minimum Gasteiger partial charge on any atom is -0.341 e. The van der Waals surface area contributed by atoms with E-state index in [1.807, 2.05) is 25.7 Å². The third kappa shape index (κ3) is 4.00. The molecule has 1 heterocycles. The molecule has 0 N–H and O–H groups in total. The van der Waals surface area contributed by atoms with Gasteiger partial charge in [-0.25, -0.2) is 0 Å². The van der Waals surface area contributed by atoms with Gasteiger partial charge in [0.15, 0.2) is 0 Å². The van der Waals surface area contributed by atoms with Crippen LogP contribution in [0.4, 0.5) is 0 Å². The number of rotatable bonds is 2. The Morgan fingerprint density at radius 3 is 2.11 bits per heavy atom. The lowest BCUT2D eigenvalue weighted by atomic mass is 9.99. The topological polar surface area (TPSA) is 40.6 Å². The Morgan fingerprint density at radius 2 is 1.72 bits per heavy atom. The Bertz CT molecular complexity index is 312. The van der Waals surface area contributed by atoms with Crippen molar-refractivity contribution in [3.63, 3.8) is 0 Å². The summed E-state index contributed by atoms with van der Waals surface area (Å²) in [5.74, 6) is 0.744. The first-order valence-corrected chi connectivity index (χ1v) is 6.78. The molecule has 0 aliphatic carbocycles. The second-order valence-electron chi connectivity index (χ2n) is 6.34. The summed E-state index contributed by atoms with van der Waals surface area (Å²) in [5, 5.41) is 0. The van der Waals surface area contributed by atoms with Crippen LogP contribution in [0.2, 0.25) is 0 Å². The van der Waals surface area contributed by atoms with E-state index in [-0.39, 0.29) is 23.9 Å². The van der Waals surface area contributed by atoms with Crippen molar-refractivity contribution in [3.05, 3.63) is 0 Å². The Labute approximate surface area is 110 Å². The summed E-state index contributed by atoms with van der Waals surface area (Å²) in [4.78, 5) is 27.4. The Morgan fingerprint density at radius 1 is 1.22 bits per heavy atom. The smallest absolute Gasteiger partial charge is 0.242 e. The number of carbonyl (C=O) groups excluding carboxylic acids is 2. The predicted molar refractivity (Wildman–Crippen MR) is 72.1 cm³/mol. The van der Waals surface area contributed by atoms with E-state index < -0.39 is 0 Å². The highest BCUT2D eigenvalue weighted by atomic mass is 16.2. The van der Waals surface area contributed by atoms with Crippen LogP contribution in [-0.2, 0) is 9.59 Å². The van der Waals surface area contributed by atoms with Crippen molar-refractivity contribution in [1.29, 1.82) is 0 Å². The van der Waals surface area contributed by atoms with Crippen molar-refractivity contribution in [2.75, 3.05) is 19.6 Å². The molecule has 0 atom stereocenters. The number of likely N-dealkylation sites (tertiary alicyclic amines) is 1. The Balaban J connectivity index is 2.59. The summed E-state index contributed by atoms with van der Waals surface area (Å²) in [6.07, 6.45) is 2.14. The van der Waals surface area contributed by atoms with Gasteiger partial charge in [0.2, 0.25) is 11.8 Å². The van der Waals surface area contributed by atoms with E-state index in [1.54, 1.807) is 4.90 Å². The van der Waals surface area contributed by atoms with Gasteiger partial charge >= 0.3 is 0 Å². The molecule has 0 radical (unpaired) electrons. The van der Waals surface area contributed by atoms with Gasteiger partial charge in [-0.2, -0.15) is 0 Å². The van der Waals surface area contributed by atoms with Crippen LogP contribution in [0.3, 0.4) is 0 Å².